The van der Waals surface area contributed by atoms with Crippen LogP contribution in [0.25, 0.3) is 0 Å². The summed E-state index contributed by atoms with van der Waals surface area (Å²) in [7, 11) is 1.58. The van der Waals surface area contributed by atoms with Crippen LogP contribution < -0.4 is 20.2 Å². The van der Waals surface area contributed by atoms with Crippen LogP contribution in [0.2, 0.25) is 0 Å². The summed E-state index contributed by atoms with van der Waals surface area (Å²) >= 11 is 0. The van der Waals surface area contributed by atoms with Crippen LogP contribution in [-0.4, -0.2) is 55.6 Å². The highest BCUT2D eigenvalue weighted by Crippen LogP contribution is 2.15. The molecule has 0 radical (unpaired) electrons. The van der Waals surface area contributed by atoms with Gasteiger partial charge < -0.3 is 19.7 Å². The quantitative estimate of drug-likeness (QED) is 0.381. The minimum absolute atomic E-state index is 0.145. The van der Waals surface area contributed by atoms with Gasteiger partial charge in [-0.05, 0) is 66.9 Å². The lowest BCUT2D eigenvalue weighted by Gasteiger charge is -2.18. The molecule has 0 unspecified atom stereocenters. The van der Waals surface area contributed by atoms with E-state index in [4.69, 9.17) is 9.47 Å². The second-order valence-corrected chi connectivity index (χ2v) is 7.54. The van der Waals surface area contributed by atoms with E-state index in [0.717, 1.165) is 25.7 Å². The fourth-order valence-electron chi connectivity index (χ4n) is 3.30. The molecule has 2 aromatic rings. The van der Waals surface area contributed by atoms with E-state index < -0.39 is 11.8 Å². The van der Waals surface area contributed by atoms with Crippen molar-refractivity contribution in [2.75, 3.05) is 32.1 Å². The molecule has 1 saturated heterocycles. The molecule has 1 aliphatic rings. The first-order valence-electron chi connectivity index (χ1n) is 10.8. The second kappa shape index (κ2) is 12.2. The van der Waals surface area contributed by atoms with Crippen LogP contribution in [0.5, 0.6) is 11.5 Å². The van der Waals surface area contributed by atoms with E-state index in [1.807, 2.05) is 0 Å². The van der Waals surface area contributed by atoms with Crippen molar-refractivity contribution in [1.82, 2.24) is 10.3 Å². The zero-order valence-corrected chi connectivity index (χ0v) is 18.6. The summed E-state index contributed by atoms with van der Waals surface area (Å²) in [5.41, 5.74) is 3.63. The Balaban J connectivity index is 1.41. The van der Waals surface area contributed by atoms with Crippen LogP contribution in [-0.2, 0) is 14.4 Å². The number of anilines is 1. The number of benzene rings is 2. The van der Waals surface area contributed by atoms with Gasteiger partial charge in [0.25, 0.3) is 5.91 Å². The molecule has 9 heteroatoms. The molecule has 3 amide bonds. The van der Waals surface area contributed by atoms with Crippen molar-refractivity contribution < 1.29 is 23.9 Å². The number of methoxy groups -OCH3 is 1. The number of ether oxygens (including phenoxy) is 2. The minimum Gasteiger partial charge on any atom is -0.497 e. The van der Waals surface area contributed by atoms with Crippen LogP contribution in [0.15, 0.2) is 53.6 Å². The van der Waals surface area contributed by atoms with Gasteiger partial charge in [-0.15, -0.1) is 0 Å². The highest BCUT2D eigenvalue weighted by molar-refractivity contribution is 6.35. The summed E-state index contributed by atoms with van der Waals surface area (Å²) < 4.78 is 10.6. The number of carbonyl (C=O) groups excluding carboxylic acids is 3. The van der Waals surface area contributed by atoms with Crippen LogP contribution >= 0.6 is 0 Å². The summed E-state index contributed by atoms with van der Waals surface area (Å²) in [5, 5.41) is 6.60. The van der Waals surface area contributed by atoms with Gasteiger partial charge in [0.1, 0.15) is 11.5 Å². The van der Waals surface area contributed by atoms with Gasteiger partial charge in [-0.3, -0.25) is 14.4 Å². The van der Waals surface area contributed by atoms with E-state index in [0.29, 0.717) is 35.8 Å². The lowest BCUT2D eigenvalue weighted by molar-refractivity contribution is -0.145. The molecule has 1 aliphatic heterocycles. The van der Waals surface area contributed by atoms with Gasteiger partial charge in [0.2, 0.25) is 0 Å². The van der Waals surface area contributed by atoms with E-state index >= 15 is 0 Å². The van der Waals surface area contributed by atoms with E-state index in [2.05, 4.69) is 15.8 Å². The van der Waals surface area contributed by atoms with E-state index in [1.54, 1.807) is 60.5 Å². The molecule has 174 valence electrons. The molecule has 33 heavy (non-hydrogen) atoms. The fourth-order valence-corrected chi connectivity index (χ4v) is 3.30. The largest absolute Gasteiger partial charge is 0.497 e. The van der Waals surface area contributed by atoms with Crippen molar-refractivity contribution in [1.29, 1.82) is 0 Å². The molecule has 3 rings (SSSR count). The Morgan fingerprint density at radius 1 is 0.939 bits per heavy atom. The van der Waals surface area contributed by atoms with Gasteiger partial charge in [0, 0.05) is 18.8 Å². The fraction of sp³-hybridized carbons (Fsp3) is 0.333. The molecule has 0 bridgehead atoms. The van der Waals surface area contributed by atoms with Gasteiger partial charge >= 0.3 is 11.8 Å². The number of nitrogens with zero attached hydrogens (tertiary/aromatic N) is 2. The van der Waals surface area contributed by atoms with Crippen molar-refractivity contribution in [2.24, 2.45) is 5.10 Å². The first kappa shape index (κ1) is 23.8. The monoisotopic (exact) mass is 452 g/mol. The number of rotatable bonds is 7. The van der Waals surface area contributed by atoms with Gasteiger partial charge in [0.05, 0.1) is 13.3 Å². The lowest BCUT2D eigenvalue weighted by atomic mass is 10.2. The number of likely N-dealkylation sites (tertiary alicyclic amines) is 1. The summed E-state index contributed by atoms with van der Waals surface area (Å²) in [6.45, 7) is 1.07. The van der Waals surface area contributed by atoms with Gasteiger partial charge in [-0.2, -0.15) is 5.10 Å². The zero-order chi connectivity index (χ0) is 23.5. The second-order valence-electron chi connectivity index (χ2n) is 7.54. The van der Waals surface area contributed by atoms with E-state index in [1.165, 1.54) is 6.21 Å². The number of hydrogen-bond donors (Lipinski definition) is 2. The third kappa shape index (κ3) is 7.64. The molecule has 1 fully saturated rings. The molecule has 0 aromatic heterocycles. The molecule has 0 atom stereocenters. The van der Waals surface area contributed by atoms with Crippen LogP contribution in [0.3, 0.4) is 0 Å². The summed E-state index contributed by atoms with van der Waals surface area (Å²) in [5.74, 6) is -0.363. The average molecular weight is 453 g/mol. The number of hydrogen-bond acceptors (Lipinski definition) is 6. The number of amides is 3. The number of nitrogens with one attached hydrogen (secondary N) is 2. The molecule has 1 heterocycles. The van der Waals surface area contributed by atoms with Crippen molar-refractivity contribution in [3.63, 3.8) is 0 Å². The van der Waals surface area contributed by atoms with Gasteiger partial charge in [-0.25, -0.2) is 5.43 Å². The minimum atomic E-state index is -0.740. The predicted molar refractivity (Wildman–Crippen MR) is 124 cm³/mol. The van der Waals surface area contributed by atoms with Crippen LogP contribution in [0.4, 0.5) is 5.69 Å². The maximum Gasteiger partial charge on any atom is 0.329 e. The molecule has 9 nitrogen and oxygen atoms in total. The topological polar surface area (TPSA) is 109 Å². The van der Waals surface area contributed by atoms with Crippen molar-refractivity contribution in [3.8, 4) is 11.5 Å². The third-order valence-electron chi connectivity index (χ3n) is 5.09. The number of hydrazone groups is 1. The Morgan fingerprint density at radius 2 is 1.58 bits per heavy atom. The van der Waals surface area contributed by atoms with E-state index in [9.17, 15) is 14.4 Å². The maximum absolute atomic E-state index is 12.2. The highest BCUT2D eigenvalue weighted by Gasteiger charge is 2.22. The van der Waals surface area contributed by atoms with Gasteiger partial charge in [-0.1, -0.05) is 12.8 Å². The molecule has 0 saturated carbocycles. The molecule has 0 aliphatic carbocycles. The Labute approximate surface area is 192 Å². The maximum atomic E-state index is 12.2. The Kier molecular flexibility index (Phi) is 8.81. The highest BCUT2D eigenvalue weighted by atomic mass is 16.5. The Hall–Kier alpha value is -3.88. The normalized spacial score (nSPS) is 13.8. The molecular weight excluding hydrogens is 424 g/mol. The SMILES string of the molecule is COc1ccc(NC(=O)COc2ccc(/C=N\NC(=O)C(=O)N3CCCCCC3)cc2)cc1. The smallest absolute Gasteiger partial charge is 0.329 e. The molecule has 2 N–H and O–H groups in total. The van der Waals surface area contributed by atoms with Crippen LogP contribution in [0.1, 0.15) is 31.2 Å². The standard InChI is InChI=1S/C24H28N4O5/c1-32-20-12-8-19(9-13-20)26-22(29)17-33-21-10-6-18(7-11-21)16-25-27-23(30)24(31)28-14-4-2-3-5-15-28/h6-13,16H,2-5,14-15,17H2,1H3,(H,26,29)(H,27,30)/b25-16-. The lowest BCUT2D eigenvalue weighted by Crippen LogP contribution is -2.41. The van der Waals surface area contributed by atoms with Gasteiger partial charge in [0.15, 0.2) is 6.61 Å². The molecule has 0 spiro atoms. The molecular formula is C24H28N4O5. The van der Waals surface area contributed by atoms with Crippen LogP contribution in [0, 0.1) is 0 Å². The summed E-state index contributed by atoms with van der Waals surface area (Å²) in [6, 6.07) is 13.8. The van der Waals surface area contributed by atoms with E-state index in [-0.39, 0.29) is 12.5 Å². The number of carbonyl (C=O) groups is 3. The first-order valence-corrected chi connectivity index (χ1v) is 10.8. The van der Waals surface area contributed by atoms with Crippen molar-refractivity contribution in [2.45, 2.75) is 25.7 Å². The zero-order valence-electron chi connectivity index (χ0n) is 18.6. The first-order chi connectivity index (χ1) is 16.0. The van der Waals surface area contributed by atoms with Crippen molar-refractivity contribution >= 4 is 29.6 Å². The molecule has 2 aromatic carbocycles. The van der Waals surface area contributed by atoms with Crippen molar-refractivity contribution in [3.05, 3.63) is 54.1 Å². The predicted octanol–water partition coefficient (Wildman–Crippen LogP) is 2.57. The Morgan fingerprint density at radius 3 is 2.21 bits per heavy atom. The summed E-state index contributed by atoms with van der Waals surface area (Å²) in [6.07, 6.45) is 5.43. The third-order valence-corrected chi connectivity index (χ3v) is 5.09. The summed E-state index contributed by atoms with van der Waals surface area (Å²) in [4.78, 5) is 37.8. The average Bonchev–Trinajstić information content (AvgIpc) is 3.13. The Bertz CT molecular complexity index is 965.